The van der Waals surface area contributed by atoms with E-state index in [9.17, 15) is 65.5 Å². The molecule has 2 aliphatic rings. The van der Waals surface area contributed by atoms with Crippen LogP contribution in [0.5, 0.6) is 0 Å². The summed E-state index contributed by atoms with van der Waals surface area (Å²) in [7, 11) is -17.9. The highest BCUT2D eigenvalue weighted by Crippen LogP contribution is 2.52. The quantitative estimate of drug-likeness (QED) is 0.0127. The number of anilines is 1. The zero-order chi connectivity index (χ0) is 48.8. The van der Waals surface area contributed by atoms with E-state index in [1.165, 1.54) is 43.4 Å². The van der Waals surface area contributed by atoms with E-state index >= 15 is 8.78 Å². The van der Waals surface area contributed by atoms with E-state index in [4.69, 9.17) is 5.11 Å². The van der Waals surface area contributed by atoms with Crippen molar-refractivity contribution in [3.05, 3.63) is 88.7 Å². The van der Waals surface area contributed by atoms with Gasteiger partial charge in [-0.3, -0.25) is 23.0 Å². The lowest BCUT2D eigenvalue weighted by atomic mass is 9.75. The van der Waals surface area contributed by atoms with Crippen LogP contribution in [0.2, 0.25) is 0 Å². The van der Waals surface area contributed by atoms with E-state index in [-0.39, 0.29) is 70.0 Å². The molecule has 0 radical (unpaired) electrons. The number of aliphatic carboxylic acids is 1. The second-order valence-corrected chi connectivity index (χ2v) is 22.6. The lowest BCUT2D eigenvalue weighted by Crippen LogP contribution is -2.32. The highest BCUT2D eigenvalue weighted by molar-refractivity contribution is 7.86. The van der Waals surface area contributed by atoms with Crippen molar-refractivity contribution in [1.29, 1.82) is 0 Å². The molecule has 16 nitrogen and oxygen atoms in total. The van der Waals surface area contributed by atoms with Gasteiger partial charge in [0.05, 0.1) is 33.1 Å². The molecule has 2 aromatic carbocycles. The van der Waals surface area contributed by atoms with Crippen molar-refractivity contribution in [2.75, 3.05) is 35.2 Å². The fourth-order valence-corrected chi connectivity index (χ4v) is 10.8. The number of fused-ring (bicyclic) bond motifs is 2. The summed E-state index contributed by atoms with van der Waals surface area (Å²) in [5.41, 5.74) is -2.35. The maximum absolute atomic E-state index is 15.9. The number of halogens is 4. The van der Waals surface area contributed by atoms with Gasteiger partial charge in [-0.1, -0.05) is 37.5 Å². The van der Waals surface area contributed by atoms with Crippen LogP contribution in [-0.2, 0) is 56.1 Å². The van der Waals surface area contributed by atoms with Gasteiger partial charge in [0.15, 0.2) is 17.3 Å². The fourth-order valence-electron chi connectivity index (χ4n) is 8.54. The van der Waals surface area contributed by atoms with E-state index in [0.717, 1.165) is 4.58 Å². The molecule has 2 unspecified atom stereocenters. The molecule has 0 spiro atoms. The molecule has 65 heavy (non-hydrogen) atoms. The van der Waals surface area contributed by atoms with E-state index in [1.54, 1.807) is 19.1 Å². The highest BCUT2D eigenvalue weighted by atomic mass is 32.2. The standard InChI is InChI=1S/C41H52F4N2O14S4/c1-40(20-8-12-24-62(50,51)52)29-27-28(65(59,60)61)18-19-30(29)46(22-10-4-7-17-33(48)49)31(40)15-5-3-6-16-32-41(2,21-9-13-25-63(53,54)55)34-35(42)36(43)37(44)38(45)39(34)47(32)23-11-14-26-64(56,57)58/h3,5-6,15-16,18-19,27H,4,7-14,17,20-26H2,1-2H3,(H4-,48,49,50,51,52,53,54,55,56,57,58,59,60,61)/p+1. The number of carbonyl (C=O) groups is 1. The van der Waals surface area contributed by atoms with E-state index in [0.29, 0.717) is 42.8 Å². The Balaban J connectivity index is 1.85. The Hall–Kier alpha value is -4.04. The molecule has 0 aromatic heterocycles. The van der Waals surface area contributed by atoms with Crippen molar-refractivity contribution in [1.82, 2.24) is 0 Å². The Morgan fingerprint density at radius 2 is 1.23 bits per heavy atom. The van der Waals surface area contributed by atoms with Crippen molar-refractivity contribution in [2.24, 2.45) is 0 Å². The lowest BCUT2D eigenvalue weighted by Gasteiger charge is -2.30. The minimum atomic E-state index is -4.69. The Morgan fingerprint density at radius 1 is 0.677 bits per heavy atom. The molecule has 2 aromatic rings. The van der Waals surface area contributed by atoms with E-state index < -0.39 is 114 Å². The van der Waals surface area contributed by atoms with E-state index in [2.05, 4.69) is 0 Å². The number of carboxylic acids is 1. The first-order valence-electron chi connectivity index (χ1n) is 20.6. The summed E-state index contributed by atoms with van der Waals surface area (Å²) in [5.74, 6) is -10.6. The predicted molar refractivity (Wildman–Crippen MR) is 233 cm³/mol. The zero-order valence-corrected chi connectivity index (χ0v) is 38.9. The summed E-state index contributed by atoms with van der Waals surface area (Å²) < 4.78 is 194. The molecule has 24 heteroatoms. The summed E-state index contributed by atoms with van der Waals surface area (Å²) in [4.78, 5) is 12.6. The second-order valence-electron chi connectivity index (χ2n) is 16.5. The Bertz CT molecular complexity index is 2730. The first-order chi connectivity index (χ1) is 30.0. The van der Waals surface area contributed by atoms with Gasteiger partial charge < -0.3 is 10.0 Å². The highest BCUT2D eigenvalue weighted by Gasteiger charge is 2.53. The number of carboxylic acid groups (broad SMARTS) is 1. The van der Waals surface area contributed by atoms with Crippen LogP contribution in [0.3, 0.4) is 0 Å². The monoisotopic (exact) mass is 1000 g/mol. The second kappa shape index (κ2) is 21.3. The third-order valence-electron chi connectivity index (χ3n) is 11.6. The predicted octanol–water partition coefficient (Wildman–Crippen LogP) is 7.05. The van der Waals surface area contributed by atoms with Gasteiger partial charge in [-0.05, 0) is 88.6 Å². The Kier molecular flexibility index (Phi) is 17.5. The number of benzene rings is 2. The maximum Gasteiger partial charge on any atom is 0.303 e. The third-order valence-corrected chi connectivity index (χ3v) is 14.9. The fraction of sp³-hybridized carbons (Fsp3) is 0.512. The first-order valence-corrected chi connectivity index (χ1v) is 26.8. The van der Waals surface area contributed by atoms with Crippen LogP contribution in [0.25, 0.3) is 0 Å². The molecular formula is C41H53F4N2O14S4+. The summed E-state index contributed by atoms with van der Waals surface area (Å²) in [6.45, 7) is 3.20. The van der Waals surface area contributed by atoms with Crippen LogP contribution in [0.1, 0.15) is 102 Å². The summed E-state index contributed by atoms with van der Waals surface area (Å²) in [6.07, 6.45) is 8.62. The average Bonchev–Trinajstić information content (AvgIpc) is 3.56. The molecule has 0 saturated carbocycles. The summed E-state index contributed by atoms with van der Waals surface area (Å²) in [5, 5.41) is 9.13. The van der Waals surface area contributed by atoms with Gasteiger partial charge in [0.25, 0.3) is 46.2 Å². The molecular weight excluding hydrogens is 949 g/mol. The van der Waals surface area contributed by atoms with Crippen LogP contribution in [0, 0.1) is 23.3 Å². The third kappa shape index (κ3) is 13.8. The lowest BCUT2D eigenvalue weighted by molar-refractivity contribution is -0.440. The molecule has 2 atom stereocenters. The van der Waals surface area contributed by atoms with Crippen LogP contribution in [0.15, 0.2) is 59.2 Å². The van der Waals surface area contributed by atoms with Gasteiger partial charge in [0.1, 0.15) is 6.54 Å². The van der Waals surface area contributed by atoms with Crippen molar-refractivity contribution in [3.63, 3.8) is 0 Å². The molecule has 0 aliphatic carbocycles. The smallest absolute Gasteiger partial charge is 0.303 e. The largest absolute Gasteiger partial charge is 0.481 e. The summed E-state index contributed by atoms with van der Waals surface area (Å²) in [6, 6.07) is 4.01. The van der Waals surface area contributed by atoms with Gasteiger partial charge in [-0.2, -0.15) is 42.6 Å². The Morgan fingerprint density at radius 3 is 1.78 bits per heavy atom. The minimum Gasteiger partial charge on any atom is -0.481 e. The molecule has 0 fully saturated rings. The number of unbranched alkanes of at least 4 members (excludes halogenated alkanes) is 5. The normalized spacial score (nSPS) is 19.9. The molecule has 362 valence electrons. The number of hydrogen-bond donors (Lipinski definition) is 5. The zero-order valence-electron chi connectivity index (χ0n) is 35.6. The van der Waals surface area contributed by atoms with Crippen molar-refractivity contribution < 1.29 is 83.9 Å². The van der Waals surface area contributed by atoms with Crippen LogP contribution >= 0.6 is 0 Å². The van der Waals surface area contributed by atoms with Crippen molar-refractivity contribution in [3.8, 4) is 0 Å². The molecule has 4 rings (SSSR count). The number of allylic oxidation sites excluding steroid dienone is 6. The number of hydrogen-bond acceptors (Lipinski definition) is 10. The van der Waals surface area contributed by atoms with Crippen LogP contribution in [0.4, 0.5) is 28.9 Å². The molecule has 2 heterocycles. The van der Waals surface area contributed by atoms with E-state index in [1.807, 2.05) is 4.90 Å². The minimum absolute atomic E-state index is 0.0275. The SMILES string of the molecule is CC1(CCCCS(=O)(=O)O)C(=CC=CC=CC2=[N+](CCCCS(=O)(=O)O)c3c(F)c(F)c(F)c(F)c3C2(C)CCCCS(=O)(=O)O)N(CCCCCC(=O)O)c2ccc(S(=O)(=O)O)cc21. The average molecular weight is 1000 g/mol. The molecule has 5 N–H and O–H groups in total. The topological polar surface area (TPSA) is 261 Å². The molecule has 0 saturated heterocycles. The first kappa shape index (κ1) is 53.6. The van der Waals surface area contributed by atoms with Gasteiger partial charge in [-0.25, -0.2) is 13.2 Å². The van der Waals surface area contributed by atoms with Crippen molar-refractivity contribution >= 4 is 63.5 Å². The van der Waals surface area contributed by atoms with Gasteiger partial charge >= 0.3 is 5.97 Å². The van der Waals surface area contributed by atoms with Crippen LogP contribution < -0.4 is 4.90 Å². The van der Waals surface area contributed by atoms with Gasteiger partial charge in [0, 0.05) is 42.3 Å². The summed E-state index contributed by atoms with van der Waals surface area (Å²) >= 11 is 0. The van der Waals surface area contributed by atoms with Gasteiger partial charge in [0.2, 0.25) is 11.6 Å². The Labute approximate surface area is 376 Å². The van der Waals surface area contributed by atoms with Crippen molar-refractivity contribution in [2.45, 2.75) is 107 Å². The van der Waals surface area contributed by atoms with Gasteiger partial charge in [-0.15, -0.1) is 0 Å². The molecule has 0 bridgehead atoms. The van der Waals surface area contributed by atoms with Crippen LogP contribution in [-0.4, -0.2) is 104 Å². The maximum atomic E-state index is 15.9. The molecule has 2 aliphatic heterocycles. The number of nitrogens with zero attached hydrogens (tertiary/aromatic N) is 2. The molecule has 0 amide bonds. The number of rotatable bonds is 25.